The molecule has 4 heteroatoms. The highest BCUT2D eigenvalue weighted by Crippen LogP contribution is 2.38. The Hall–Kier alpha value is -1.71. The summed E-state index contributed by atoms with van der Waals surface area (Å²) in [5, 5.41) is 0. The maximum absolute atomic E-state index is 12.5. The molecule has 144 valence electrons. The van der Waals surface area contributed by atoms with Crippen LogP contribution in [0.25, 0.3) is 0 Å². The molecular formula is C22H33NO3. The van der Waals surface area contributed by atoms with Crippen molar-refractivity contribution in [1.82, 2.24) is 4.90 Å². The van der Waals surface area contributed by atoms with E-state index in [1.54, 1.807) is 0 Å². The first kappa shape index (κ1) is 19.1. The fourth-order valence-corrected chi connectivity index (χ4v) is 4.14. The number of rotatable bonds is 5. The van der Waals surface area contributed by atoms with Gasteiger partial charge in [0.05, 0.1) is 0 Å². The minimum Gasteiger partial charge on any atom is -0.490 e. The molecule has 0 saturated carbocycles. The molecule has 0 radical (unpaired) electrons. The first-order valence-corrected chi connectivity index (χ1v) is 10.1. The highest BCUT2D eigenvalue weighted by molar-refractivity contribution is 5.69. The fourth-order valence-electron chi connectivity index (χ4n) is 4.14. The van der Waals surface area contributed by atoms with Gasteiger partial charge in [0, 0.05) is 24.9 Å². The number of hydrogen-bond donors (Lipinski definition) is 0. The van der Waals surface area contributed by atoms with Crippen molar-refractivity contribution in [2.75, 3.05) is 0 Å². The lowest BCUT2D eigenvalue weighted by Gasteiger charge is -2.39. The number of piperidine rings is 1. The Kier molecular flexibility index (Phi) is 5.79. The van der Waals surface area contributed by atoms with Gasteiger partial charge in [0.1, 0.15) is 17.5 Å². The Morgan fingerprint density at radius 2 is 1.73 bits per heavy atom. The summed E-state index contributed by atoms with van der Waals surface area (Å²) in [5.74, 6) is 0.945. The maximum atomic E-state index is 12.5. The Labute approximate surface area is 157 Å². The molecule has 0 aromatic heterocycles. The van der Waals surface area contributed by atoms with Crippen molar-refractivity contribution in [3.05, 3.63) is 29.8 Å². The van der Waals surface area contributed by atoms with E-state index in [2.05, 4.69) is 31.2 Å². The van der Waals surface area contributed by atoms with Crippen LogP contribution in [-0.4, -0.2) is 34.8 Å². The zero-order valence-corrected chi connectivity index (χ0v) is 16.7. The van der Waals surface area contributed by atoms with Crippen molar-refractivity contribution in [2.45, 2.75) is 96.4 Å². The highest BCUT2D eigenvalue weighted by Gasteiger charge is 2.45. The summed E-state index contributed by atoms with van der Waals surface area (Å²) in [7, 11) is 0. The third-order valence-corrected chi connectivity index (χ3v) is 5.34. The van der Waals surface area contributed by atoms with Gasteiger partial charge in [0.15, 0.2) is 0 Å². The standard InChI is InChI=1S/C22H33NO3/c1-5-6-7-16-8-12-19(13-9-16)25-20-14-17-10-11-18(15-20)23(17)21(24)26-22(2,3)4/h8-9,12-13,17-18,20H,5-7,10-11,14-15H2,1-4H3/t17-,18+,20?. The summed E-state index contributed by atoms with van der Waals surface area (Å²) in [5.41, 5.74) is 0.933. The zero-order chi connectivity index (χ0) is 18.7. The number of aryl methyl sites for hydroxylation is 1. The lowest BCUT2D eigenvalue weighted by atomic mass is 10.00. The number of fused-ring (bicyclic) bond motifs is 2. The molecule has 4 nitrogen and oxygen atoms in total. The summed E-state index contributed by atoms with van der Waals surface area (Å²) >= 11 is 0. The molecule has 0 spiro atoms. The second-order valence-electron chi connectivity index (χ2n) is 8.73. The Morgan fingerprint density at radius 3 is 2.27 bits per heavy atom. The predicted octanol–water partition coefficient (Wildman–Crippen LogP) is 5.34. The quantitative estimate of drug-likeness (QED) is 0.712. The number of benzene rings is 1. The third-order valence-electron chi connectivity index (χ3n) is 5.34. The normalized spacial score (nSPS) is 25.2. The number of ether oxygens (including phenoxy) is 2. The number of unbranched alkanes of at least 4 members (excludes halogenated alkanes) is 1. The lowest BCUT2D eigenvalue weighted by molar-refractivity contribution is -0.00707. The number of nitrogens with zero attached hydrogens (tertiary/aromatic N) is 1. The van der Waals surface area contributed by atoms with E-state index in [1.165, 1.54) is 18.4 Å². The first-order valence-electron chi connectivity index (χ1n) is 10.1. The molecule has 2 saturated heterocycles. The van der Waals surface area contributed by atoms with E-state index >= 15 is 0 Å². The van der Waals surface area contributed by atoms with Gasteiger partial charge in [-0.05, 0) is 64.2 Å². The molecule has 2 aliphatic rings. The third kappa shape index (κ3) is 4.72. The molecule has 0 N–H and O–H groups in total. The Morgan fingerprint density at radius 1 is 1.12 bits per heavy atom. The minimum absolute atomic E-state index is 0.163. The minimum atomic E-state index is -0.441. The topological polar surface area (TPSA) is 38.8 Å². The van der Waals surface area contributed by atoms with E-state index in [1.807, 2.05) is 25.7 Å². The SMILES string of the molecule is CCCCc1ccc(OC2C[C@H]3CC[C@@H](C2)N3C(=O)OC(C)(C)C)cc1. The smallest absolute Gasteiger partial charge is 0.410 e. The van der Waals surface area contributed by atoms with Gasteiger partial charge in [0.25, 0.3) is 0 Å². The second kappa shape index (κ2) is 7.89. The average Bonchev–Trinajstić information content (AvgIpc) is 2.84. The van der Waals surface area contributed by atoms with Crippen LogP contribution >= 0.6 is 0 Å². The van der Waals surface area contributed by atoms with Crippen molar-refractivity contribution in [3.63, 3.8) is 0 Å². The number of amides is 1. The Balaban J connectivity index is 1.56. The molecule has 26 heavy (non-hydrogen) atoms. The van der Waals surface area contributed by atoms with Gasteiger partial charge in [-0.15, -0.1) is 0 Å². The molecule has 1 aromatic rings. The monoisotopic (exact) mass is 359 g/mol. The van der Waals surface area contributed by atoms with Crippen molar-refractivity contribution >= 4 is 6.09 Å². The number of carbonyl (C=O) groups is 1. The highest BCUT2D eigenvalue weighted by atomic mass is 16.6. The van der Waals surface area contributed by atoms with Gasteiger partial charge in [-0.25, -0.2) is 4.79 Å². The van der Waals surface area contributed by atoms with Crippen molar-refractivity contribution < 1.29 is 14.3 Å². The molecule has 2 fully saturated rings. The van der Waals surface area contributed by atoms with Crippen molar-refractivity contribution in [1.29, 1.82) is 0 Å². The van der Waals surface area contributed by atoms with Crippen LogP contribution in [-0.2, 0) is 11.2 Å². The van der Waals surface area contributed by atoms with E-state index in [0.717, 1.165) is 37.9 Å². The maximum Gasteiger partial charge on any atom is 0.410 e. The van der Waals surface area contributed by atoms with Crippen LogP contribution in [0.2, 0.25) is 0 Å². The van der Waals surface area contributed by atoms with E-state index in [4.69, 9.17) is 9.47 Å². The largest absolute Gasteiger partial charge is 0.490 e. The van der Waals surface area contributed by atoms with Crippen LogP contribution in [0.3, 0.4) is 0 Å². The molecule has 0 aliphatic carbocycles. The summed E-state index contributed by atoms with van der Waals surface area (Å²) in [6.07, 6.45) is 7.51. The molecule has 1 amide bonds. The molecule has 3 atom stereocenters. The van der Waals surface area contributed by atoms with E-state index in [9.17, 15) is 4.79 Å². The van der Waals surface area contributed by atoms with Gasteiger partial charge in [-0.2, -0.15) is 0 Å². The molecule has 2 bridgehead atoms. The molecule has 3 rings (SSSR count). The van der Waals surface area contributed by atoms with Crippen molar-refractivity contribution in [2.24, 2.45) is 0 Å². The molecular weight excluding hydrogens is 326 g/mol. The lowest BCUT2D eigenvalue weighted by Crippen LogP contribution is -2.50. The van der Waals surface area contributed by atoms with Crippen LogP contribution in [0.15, 0.2) is 24.3 Å². The predicted molar refractivity (Wildman–Crippen MR) is 104 cm³/mol. The zero-order valence-electron chi connectivity index (χ0n) is 16.7. The van der Waals surface area contributed by atoms with Crippen molar-refractivity contribution in [3.8, 4) is 5.75 Å². The summed E-state index contributed by atoms with van der Waals surface area (Å²) in [6.45, 7) is 7.99. The van der Waals surface area contributed by atoms with E-state index in [-0.39, 0.29) is 24.3 Å². The van der Waals surface area contributed by atoms with E-state index < -0.39 is 5.60 Å². The second-order valence-corrected chi connectivity index (χ2v) is 8.73. The Bertz CT molecular complexity index is 591. The molecule has 1 unspecified atom stereocenters. The fraction of sp³-hybridized carbons (Fsp3) is 0.682. The summed E-state index contributed by atoms with van der Waals surface area (Å²) in [4.78, 5) is 14.5. The molecule has 1 aromatic carbocycles. The number of hydrogen-bond acceptors (Lipinski definition) is 3. The van der Waals surface area contributed by atoms with Gasteiger partial charge in [-0.3, -0.25) is 0 Å². The van der Waals surface area contributed by atoms with Gasteiger partial charge in [0.2, 0.25) is 0 Å². The summed E-state index contributed by atoms with van der Waals surface area (Å²) < 4.78 is 11.8. The van der Waals surface area contributed by atoms with Gasteiger partial charge in [-0.1, -0.05) is 25.5 Å². The van der Waals surface area contributed by atoms with Gasteiger partial charge < -0.3 is 14.4 Å². The van der Waals surface area contributed by atoms with Gasteiger partial charge >= 0.3 is 6.09 Å². The first-order chi connectivity index (χ1) is 12.4. The average molecular weight is 360 g/mol. The van der Waals surface area contributed by atoms with E-state index in [0.29, 0.717) is 0 Å². The summed E-state index contributed by atoms with van der Waals surface area (Å²) in [6, 6.07) is 9.03. The van der Waals surface area contributed by atoms with Crippen LogP contribution < -0.4 is 4.74 Å². The molecule has 2 aliphatic heterocycles. The van der Waals surface area contributed by atoms with Crippen LogP contribution in [0, 0.1) is 0 Å². The molecule has 2 heterocycles. The number of carbonyl (C=O) groups excluding carboxylic acids is 1. The van der Waals surface area contributed by atoms with Crippen LogP contribution in [0.5, 0.6) is 5.75 Å². The van der Waals surface area contributed by atoms with Crippen LogP contribution in [0.1, 0.15) is 71.8 Å². The van der Waals surface area contributed by atoms with Crippen LogP contribution in [0.4, 0.5) is 4.79 Å².